The largest absolute Gasteiger partial charge is 0.332 e. The maximum Gasteiger partial charge on any atom is 0.320 e. The van der Waals surface area contributed by atoms with Crippen molar-refractivity contribution in [2.45, 2.75) is 25.9 Å². The summed E-state index contributed by atoms with van der Waals surface area (Å²) in [6.45, 7) is 3.98. The first-order valence-electron chi connectivity index (χ1n) is 9.07. The van der Waals surface area contributed by atoms with Gasteiger partial charge in [-0.05, 0) is 44.2 Å². The molecule has 28 heavy (non-hydrogen) atoms. The Morgan fingerprint density at radius 2 is 2.18 bits per heavy atom. The number of hydrogen-bond donors (Lipinski definition) is 3. The number of aromatic nitrogens is 5. The van der Waals surface area contributed by atoms with Crippen LogP contribution in [0.5, 0.6) is 0 Å². The average molecular weight is 384 g/mol. The molecule has 9 nitrogen and oxygen atoms in total. The molecule has 10 heteroatoms. The molecule has 0 aliphatic carbocycles. The molecule has 3 heterocycles. The van der Waals surface area contributed by atoms with Crippen LogP contribution < -0.4 is 16.0 Å². The van der Waals surface area contributed by atoms with Gasteiger partial charge in [-0.3, -0.25) is 5.32 Å². The average Bonchev–Trinajstić information content (AvgIpc) is 3.41. The van der Waals surface area contributed by atoms with Crippen LogP contribution >= 0.6 is 0 Å². The number of benzene rings is 1. The Morgan fingerprint density at radius 1 is 1.36 bits per heavy atom. The molecule has 1 atom stereocenters. The van der Waals surface area contributed by atoms with Crippen molar-refractivity contribution in [2.75, 3.05) is 18.4 Å². The third-order valence-electron chi connectivity index (χ3n) is 4.60. The number of nitrogens with zero attached hydrogens (tertiary/aromatic N) is 5. The van der Waals surface area contributed by atoms with Gasteiger partial charge in [0.05, 0.1) is 24.5 Å². The Kier molecular flexibility index (Phi) is 5.02. The van der Waals surface area contributed by atoms with Gasteiger partial charge in [0.25, 0.3) is 0 Å². The van der Waals surface area contributed by atoms with Crippen molar-refractivity contribution in [2.24, 2.45) is 0 Å². The van der Waals surface area contributed by atoms with Crippen molar-refractivity contribution < 1.29 is 9.18 Å². The van der Waals surface area contributed by atoms with E-state index in [1.54, 1.807) is 22.9 Å². The molecule has 1 aliphatic rings. The van der Waals surface area contributed by atoms with E-state index in [0.29, 0.717) is 23.2 Å². The van der Waals surface area contributed by atoms with E-state index >= 15 is 0 Å². The molecule has 0 saturated carbocycles. The van der Waals surface area contributed by atoms with E-state index in [-0.39, 0.29) is 18.4 Å². The van der Waals surface area contributed by atoms with Crippen molar-refractivity contribution in [3.05, 3.63) is 53.7 Å². The van der Waals surface area contributed by atoms with Crippen LogP contribution in [-0.4, -0.2) is 43.9 Å². The topological polar surface area (TPSA) is 102 Å². The Bertz CT molecular complexity index is 958. The van der Waals surface area contributed by atoms with E-state index in [1.165, 1.54) is 12.1 Å². The van der Waals surface area contributed by atoms with Crippen LogP contribution in [0.4, 0.5) is 15.0 Å². The second kappa shape index (κ2) is 7.77. The third-order valence-corrected chi connectivity index (χ3v) is 4.60. The molecule has 0 bridgehead atoms. The molecule has 0 spiro atoms. The van der Waals surface area contributed by atoms with Crippen molar-refractivity contribution in [3.63, 3.8) is 0 Å². The van der Waals surface area contributed by atoms with E-state index in [4.69, 9.17) is 0 Å². The molecule has 146 valence electrons. The predicted molar refractivity (Wildman–Crippen MR) is 101 cm³/mol. The van der Waals surface area contributed by atoms with Crippen LogP contribution in [0, 0.1) is 12.7 Å². The lowest BCUT2D eigenvalue weighted by atomic mass is 10.3. The lowest BCUT2D eigenvalue weighted by Gasteiger charge is -2.06. The van der Waals surface area contributed by atoms with Gasteiger partial charge < -0.3 is 10.6 Å². The zero-order valence-corrected chi connectivity index (χ0v) is 15.4. The monoisotopic (exact) mass is 384 g/mol. The molecule has 1 saturated heterocycles. The van der Waals surface area contributed by atoms with Gasteiger partial charge in [0.15, 0.2) is 5.82 Å². The highest BCUT2D eigenvalue weighted by molar-refractivity contribution is 5.88. The summed E-state index contributed by atoms with van der Waals surface area (Å²) in [4.78, 5) is 12.2. The summed E-state index contributed by atoms with van der Waals surface area (Å²) in [7, 11) is 0. The number of carbonyl (C=O) groups excluding carboxylic acids is 1. The summed E-state index contributed by atoms with van der Waals surface area (Å²) < 4.78 is 16.6. The molecule has 0 radical (unpaired) electrons. The molecule has 2 amide bonds. The van der Waals surface area contributed by atoms with Crippen LogP contribution in [-0.2, 0) is 6.54 Å². The molecule has 1 aliphatic heterocycles. The summed E-state index contributed by atoms with van der Waals surface area (Å²) in [6, 6.07) is 7.65. The molecule has 2 aromatic heterocycles. The van der Waals surface area contributed by atoms with Crippen molar-refractivity contribution in [1.29, 1.82) is 0 Å². The molecule has 1 aromatic carbocycles. The molecule has 1 unspecified atom stereocenters. The smallest absolute Gasteiger partial charge is 0.320 e. The molecule has 3 N–H and O–H groups in total. The number of hydrogen-bond acceptors (Lipinski definition) is 5. The Morgan fingerprint density at radius 3 is 2.93 bits per heavy atom. The van der Waals surface area contributed by atoms with Gasteiger partial charge in [0, 0.05) is 18.3 Å². The number of amides is 2. The molecular formula is C18H21FN8O. The normalized spacial score (nSPS) is 16.3. The second-order valence-electron chi connectivity index (χ2n) is 6.70. The Balaban J connectivity index is 1.34. The minimum atomic E-state index is -0.388. The van der Waals surface area contributed by atoms with Crippen LogP contribution in [0.15, 0.2) is 36.5 Å². The van der Waals surface area contributed by atoms with Crippen LogP contribution in [0.2, 0.25) is 0 Å². The number of rotatable bonds is 5. The highest BCUT2D eigenvalue weighted by atomic mass is 19.1. The molecule has 1 fully saturated rings. The number of carbonyl (C=O) groups is 1. The number of halogens is 1. The lowest BCUT2D eigenvalue weighted by molar-refractivity contribution is 0.251. The second-order valence-corrected chi connectivity index (χ2v) is 6.70. The van der Waals surface area contributed by atoms with E-state index < -0.39 is 0 Å². The number of anilines is 1. The number of aryl methyl sites for hydroxylation is 1. The quantitative estimate of drug-likeness (QED) is 0.622. The minimum absolute atomic E-state index is 0.267. The van der Waals surface area contributed by atoms with E-state index in [0.717, 1.165) is 25.2 Å². The van der Waals surface area contributed by atoms with Gasteiger partial charge >= 0.3 is 6.03 Å². The van der Waals surface area contributed by atoms with Crippen molar-refractivity contribution in [1.82, 2.24) is 35.4 Å². The SMILES string of the molecule is Cc1cc(NC(=O)NCc2cn(C3CCNC3)nn2)nn1-c1ccc(F)cc1. The number of nitrogens with one attached hydrogen (secondary N) is 3. The zero-order chi connectivity index (χ0) is 19.5. The minimum Gasteiger partial charge on any atom is -0.332 e. The summed E-state index contributed by atoms with van der Waals surface area (Å²) in [5, 5.41) is 21.3. The number of urea groups is 1. The first-order valence-corrected chi connectivity index (χ1v) is 9.07. The fraction of sp³-hybridized carbons (Fsp3) is 0.333. The summed E-state index contributed by atoms with van der Waals surface area (Å²) >= 11 is 0. The maximum atomic E-state index is 13.1. The van der Waals surface area contributed by atoms with Gasteiger partial charge in [-0.25, -0.2) is 18.5 Å². The van der Waals surface area contributed by atoms with Gasteiger partial charge in [0.1, 0.15) is 11.5 Å². The standard InChI is InChI=1S/C18H21FN8O/c1-12-8-17(24-27(12)15-4-2-13(19)3-5-15)22-18(28)21-9-14-11-26(25-23-14)16-6-7-20-10-16/h2-5,8,11,16,20H,6-7,9-10H2,1H3,(H2,21,22,24,28). The van der Waals surface area contributed by atoms with Crippen LogP contribution in [0.1, 0.15) is 23.9 Å². The van der Waals surface area contributed by atoms with Crippen molar-refractivity contribution >= 4 is 11.8 Å². The first-order chi connectivity index (χ1) is 13.6. The third kappa shape index (κ3) is 4.01. The Hall–Kier alpha value is -3.27. The van der Waals surface area contributed by atoms with E-state index in [2.05, 4.69) is 31.4 Å². The van der Waals surface area contributed by atoms with Crippen LogP contribution in [0.25, 0.3) is 5.69 Å². The van der Waals surface area contributed by atoms with Gasteiger partial charge in [0.2, 0.25) is 0 Å². The summed E-state index contributed by atoms with van der Waals surface area (Å²) in [5.41, 5.74) is 2.22. The van der Waals surface area contributed by atoms with Gasteiger partial charge in [-0.1, -0.05) is 5.21 Å². The lowest BCUT2D eigenvalue weighted by Crippen LogP contribution is -2.28. The fourth-order valence-corrected chi connectivity index (χ4v) is 3.15. The van der Waals surface area contributed by atoms with Gasteiger partial charge in [-0.15, -0.1) is 10.2 Å². The van der Waals surface area contributed by atoms with Crippen LogP contribution in [0.3, 0.4) is 0 Å². The predicted octanol–water partition coefficient (Wildman–Crippen LogP) is 1.77. The highest BCUT2D eigenvalue weighted by Gasteiger charge is 2.18. The fourth-order valence-electron chi connectivity index (χ4n) is 3.15. The maximum absolute atomic E-state index is 13.1. The van der Waals surface area contributed by atoms with Gasteiger partial charge in [-0.2, -0.15) is 0 Å². The first kappa shape index (κ1) is 18.1. The zero-order valence-electron chi connectivity index (χ0n) is 15.4. The molecular weight excluding hydrogens is 363 g/mol. The van der Waals surface area contributed by atoms with E-state index in [9.17, 15) is 9.18 Å². The molecule has 3 aromatic rings. The van der Waals surface area contributed by atoms with Crippen molar-refractivity contribution in [3.8, 4) is 5.69 Å². The highest BCUT2D eigenvalue weighted by Crippen LogP contribution is 2.16. The summed E-state index contributed by atoms with van der Waals surface area (Å²) in [5.74, 6) is 0.0902. The summed E-state index contributed by atoms with van der Waals surface area (Å²) in [6.07, 6.45) is 2.87. The van der Waals surface area contributed by atoms with E-state index in [1.807, 2.05) is 17.8 Å². The molecule has 4 rings (SSSR count). The Labute approximate surface area is 160 Å².